The fourth-order valence-electron chi connectivity index (χ4n) is 2.85. The summed E-state index contributed by atoms with van der Waals surface area (Å²) in [6, 6.07) is 5.88. The summed E-state index contributed by atoms with van der Waals surface area (Å²) in [4.78, 5) is -0.217. The molecule has 0 amide bonds. The molecular weight excluding hydrogens is 721 g/mol. The smallest absolute Gasteiger partial charge is 0.341 e. The molecule has 2 aromatic carbocycles. The zero-order valence-electron chi connectivity index (χ0n) is 12.8. The molecule has 0 radical (unpaired) electrons. The van der Waals surface area contributed by atoms with Gasteiger partial charge in [0.25, 0.3) is 0 Å². The lowest BCUT2D eigenvalue weighted by Gasteiger charge is -2.17. The van der Waals surface area contributed by atoms with Crippen molar-refractivity contribution in [2.24, 2.45) is 0 Å². The third-order valence-corrected chi connectivity index (χ3v) is 10.8. The molecule has 0 unspecified atom stereocenters. The van der Waals surface area contributed by atoms with E-state index in [0.29, 0.717) is 37.5 Å². The Labute approximate surface area is 192 Å². The van der Waals surface area contributed by atoms with Crippen molar-refractivity contribution < 1.29 is 25.6 Å². The molecule has 6 nitrogen and oxygen atoms in total. The second-order valence-corrected chi connectivity index (χ2v) is 11.8. The highest BCUT2D eigenvalue weighted by Crippen LogP contribution is 2.37. The Morgan fingerprint density at radius 3 is 2.15 bits per heavy atom. The van der Waals surface area contributed by atoms with Crippen LogP contribution in [-0.4, -0.2) is 21.4 Å². The van der Waals surface area contributed by atoms with E-state index in [2.05, 4.69) is 0 Å². The number of benzene rings is 2. The highest BCUT2D eigenvalue weighted by atomic mass is 127. The molecule has 0 aliphatic heterocycles. The van der Waals surface area contributed by atoms with E-state index in [-0.39, 0.29) is 15.5 Å². The number of rotatable bonds is 4. The SMILES string of the molecule is O=S(=O)([O-])c1ccc(OS(=O)(=O)c2c(I)ccc(I)c2I)c2c1CCC2. The summed E-state index contributed by atoms with van der Waals surface area (Å²) in [5.41, 5.74) is 0.834. The second-order valence-electron chi connectivity index (χ2n) is 5.54. The summed E-state index contributed by atoms with van der Waals surface area (Å²) in [5.74, 6) is 0.0790. The van der Waals surface area contributed by atoms with Crippen LogP contribution in [0.1, 0.15) is 17.5 Å². The van der Waals surface area contributed by atoms with E-state index in [1.807, 2.05) is 73.8 Å². The molecule has 0 bridgehead atoms. The Kier molecular flexibility index (Phi) is 6.15. The summed E-state index contributed by atoms with van der Waals surface area (Å²) in [6.45, 7) is 0. The van der Waals surface area contributed by atoms with Crippen molar-refractivity contribution in [3.05, 3.63) is 46.1 Å². The van der Waals surface area contributed by atoms with E-state index >= 15 is 0 Å². The zero-order valence-corrected chi connectivity index (χ0v) is 20.9. The van der Waals surface area contributed by atoms with Crippen LogP contribution in [0.25, 0.3) is 0 Å². The molecule has 0 N–H and O–H groups in total. The fourth-order valence-corrected chi connectivity index (χ4v) is 8.41. The minimum absolute atomic E-state index is 0.0790. The molecule has 0 heterocycles. The lowest BCUT2D eigenvalue weighted by molar-refractivity contribution is 0.462. The molecule has 0 saturated carbocycles. The van der Waals surface area contributed by atoms with Crippen LogP contribution in [0.15, 0.2) is 34.1 Å². The highest BCUT2D eigenvalue weighted by Gasteiger charge is 2.29. The van der Waals surface area contributed by atoms with Gasteiger partial charge in [-0.2, -0.15) is 8.42 Å². The van der Waals surface area contributed by atoms with E-state index in [1.165, 1.54) is 6.07 Å². The van der Waals surface area contributed by atoms with Gasteiger partial charge in [-0.05, 0) is 117 Å². The van der Waals surface area contributed by atoms with Gasteiger partial charge in [-0.25, -0.2) is 8.42 Å². The highest BCUT2D eigenvalue weighted by molar-refractivity contribution is 14.1. The average molecular weight is 731 g/mol. The molecule has 26 heavy (non-hydrogen) atoms. The summed E-state index contributed by atoms with van der Waals surface area (Å²) >= 11 is 5.94. The van der Waals surface area contributed by atoms with Gasteiger partial charge in [0.2, 0.25) is 0 Å². The third kappa shape index (κ3) is 4.01. The first-order valence-electron chi connectivity index (χ1n) is 7.21. The minimum atomic E-state index is -4.62. The van der Waals surface area contributed by atoms with Crippen molar-refractivity contribution in [3.63, 3.8) is 0 Å². The van der Waals surface area contributed by atoms with E-state index in [1.54, 1.807) is 6.07 Å². The Bertz CT molecular complexity index is 1110. The number of hydrogen-bond acceptors (Lipinski definition) is 6. The second kappa shape index (κ2) is 7.61. The lowest BCUT2D eigenvalue weighted by atomic mass is 10.1. The van der Waals surface area contributed by atoms with Gasteiger partial charge < -0.3 is 8.74 Å². The molecule has 140 valence electrons. The summed E-state index contributed by atoms with van der Waals surface area (Å²) < 4.78 is 67.2. The molecule has 2 aromatic rings. The van der Waals surface area contributed by atoms with E-state index in [4.69, 9.17) is 4.18 Å². The van der Waals surface area contributed by atoms with Gasteiger partial charge in [0.1, 0.15) is 20.8 Å². The van der Waals surface area contributed by atoms with E-state index in [9.17, 15) is 21.4 Å². The summed E-state index contributed by atoms with van der Waals surface area (Å²) in [5, 5.41) is 0. The molecule has 0 spiro atoms. The molecular formula is C15H10I3O6S2-. The van der Waals surface area contributed by atoms with Gasteiger partial charge in [0.05, 0.1) is 4.90 Å². The first-order valence-corrected chi connectivity index (χ1v) is 13.3. The molecule has 11 heteroatoms. The lowest BCUT2D eigenvalue weighted by Crippen LogP contribution is -2.15. The van der Waals surface area contributed by atoms with Gasteiger partial charge in [-0.15, -0.1) is 0 Å². The molecule has 0 aromatic heterocycles. The van der Waals surface area contributed by atoms with Crippen molar-refractivity contribution in [1.29, 1.82) is 0 Å². The summed E-state index contributed by atoms with van der Waals surface area (Å²) in [6.07, 6.45) is 1.50. The van der Waals surface area contributed by atoms with Gasteiger partial charge in [-0.1, -0.05) is 0 Å². The van der Waals surface area contributed by atoms with Crippen LogP contribution in [0.4, 0.5) is 0 Å². The number of halogens is 3. The van der Waals surface area contributed by atoms with Crippen molar-refractivity contribution in [1.82, 2.24) is 0 Å². The van der Waals surface area contributed by atoms with Crippen LogP contribution < -0.4 is 4.18 Å². The monoisotopic (exact) mass is 731 g/mol. The number of fused-ring (bicyclic) bond motifs is 1. The Morgan fingerprint density at radius 2 is 1.50 bits per heavy atom. The van der Waals surface area contributed by atoms with Gasteiger partial charge >= 0.3 is 10.1 Å². The Hall–Kier alpha value is 0.290. The molecule has 0 atom stereocenters. The van der Waals surface area contributed by atoms with Crippen molar-refractivity contribution in [2.75, 3.05) is 0 Å². The van der Waals surface area contributed by atoms with Crippen molar-refractivity contribution >= 4 is 88.0 Å². The predicted octanol–water partition coefficient (Wildman–Crippen LogP) is 3.66. The maximum atomic E-state index is 12.9. The standard InChI is InChI=1S/C15H11I3O6S2/c16-10-4-5-11(17)15(14(10)18)26(22,23)24-12-6-7-13(25(19,20)21)9-3-1-2-8(9)12/h4-7H,1-3H2,(H,19,20,21)/p-1. The van der Waals surface area contributed by atoms with Gasteiger partial charge in [-0.3, -0.25) is 0 Å². The third-order valence-electron chi connectivity index (χ3n) is 3.92. The molecule has 1 aliphatic carbocycles. The van der Waals surface area contributed by atoms with Crippen LogP contribution in [0.2, 0.25) is 0 Å². The molecule has 3 rings (SSSR count). The molecule has 0 fully saturated rings. The van der Waals surface area contributed by atoms with Crippen molar-refractivity contribution in [2.45, 2.75) is 29.1 Å². The Morgan fingerprint density at radius 1 is 0.885 bits per heavy atom. The maximum absolute atomic E-state index is 12.9. The van der Waals surface area contributed by atoms with Gasteiger partial charge in [0.15, 0.2) is 0 Å². The topological polar surface area (TPSA) is 101 Å². The summed E-state index contributed by atoms with van der Waals surface area (Å²) in [7, 11) is -8.73. The van der Waals surface area contributed by atoms with Crippen LogP contribution in [0.5, 0.6) is 5.75 Å². The first-order chi connectivity index (χ1) is 12.0. The maximum Gasteiger partial charge on any atom is 0.341 e. The van der Waals surface area contributed by atoms with Crippen LogP contribution in [-0.2, 0) is 33.1 Å². The Balaban J connectivity index is 2.11. The fraction of sp³-hybridized carbons (Fsp3) is 0.200. The normalized spacial score (nSPS) is 14.3. The van der Waals surface area contributed by atoms with Crippen molar-refractivity contribution in [3.8, 4) is 5.75 Å². The predicted molar refractivity (Wildman–Crippen MR) is 119 cm³/mol. The first kappa shape index (κ1) is 21.0. The number of hydrogen-bond donors (Lipinski definition) is 0. The largest absolute Gasteiger partial charge is 0.744 e. The minimum Gasteiger partial charge on any atom is -0.744 e. The van der Waals surface area contributed by atoms with Crippen LogP contribution in [0, 0.1) is 10.7 Å². The van der Waals surface area contributed by atoms with Crippen LogP contribution in [0.3, 0.4) is 0 Å². The zero-order chi connectivity index (χ0) is 19.3. The van der Waals surface area contributed by atoms with E-state index in [0.717, 1.165) is 9.64 Å². The quantitative estimate of drug-likeness (QED) is 0.206. The van der Waals surface area contributed by atoms with Gasteiger partial charge in [0, 0.05) is 16.3 Å². The average Bonchev–Trinajstić information content (AvgIpc) is 2.99. The van der Waals surface area contributed by atoms with E-state index < -0.39 is 20.2 Å². The molecule has 1 aliphatic rings. The molecule has 0 saturated heterocycles. The van der Waals surface area contributed by atoms with Crippen LogP contribution >= 0.6 is 67.8 Å².